The quantitative estimate of drug-likeness (QED) is 0.834. The van der Waals surface area contributed by atoms with Gasteiger partial charge >= 0.3 is 0 Å². The van der Waals surface area contributed by atoms with Crippen LogP contribution in [-0.4, -0.2) is 41.1 Å². The molecule has 2 aliphatic heterocycles. The van der Waals surface area contributed by atoms with E-state index in [-0.39, 0.29) is 0 Å². The molecule has 0 aliphatic carbocycles. The van der Waals surface area contributed by atoms with Crippen LogP contribution in [0.4, 0.5) is 11.8 Å². The summed E-state index contributed by atoms with van der Waals surface area (Å²) in [5.41, 5.74) is 0.932. The molecule has 2 aliphatic rings. The summed E-state index contributed by atoms with van der Waals surface area (Å²) in [5, 5.41) is 8.82. The summed E-state index contributed by atoms with van der Waals surface area (Å²) in [6, 6.07) is 7.70. The van der Waals surface area contributed by atoms with Gasteiger partial charge in [-0.25, -0.2) is 15.0 Å². The van der Waals surface area contributed by atoms with Crippen molar-refractivity contribution in [3.8, 4) is 6.07 Å². The summed E-state index contributed by atoms with van der Waals surface area (Å²) in [6.07, 6.45) is 6.39. The molecule has 0 bridgehead atoms. The Balaban J connectivity index is 1.41. The molecular weight excluding hydrogens is 276 g/mol. The maximum Gasteiger partial charge on any atom is 0.225 e. The highest BCUT2D eigenvalue weighted by molar-refractivity contribution is 5.47. The number of rotatable bonds is 2. The third-order valence-electron chi connectivity index (χ3n) is 4.53. The van der Waals surface area contributed by atoms with Crippen molar-refractivity contribution >= 4 is 11.8 Å². The number of nitriles is 1. The minimum absolute atomic E-state index is 0.328. The lowest BCUT2D eigenvalue weighted by molar-refractivity contribution is 0.244. The summed E-state index contributed by atoms with van der Waals surface area (Å²) in [6.45, 7) is 4.03. The van der Waals surface area contributed by atoms with Crippen molar-refractivity contribution < 1.29 is 0 Å². The van der Waals surface area contributed by atoms with Crippen molar-refractivity contribution in [1.29, 1.82) is 5.26 Å². The Morgan fingerprint density at radius 3 is 2.50 bits per heavy atom. The lowest BCUT2D eigenvalue weighted by Crippen LogP contribution is -2.58. The summed E-state index contributed by atoms with van der Waals surface area (Å²) in [5.74, 6) is 1.79. The Morgan fingerprint density at radius 1 is 1.05 bits per heavy atom. The Kier molecular flexibility index (Phi) is 2.93. The van der Waals surface area contributed by atoms with E-state index in [1.165, 1.54) is 0 Å². The Hall–Kier alpha value is -2.68. The molecule has 2 aromatic rings. The van der Waals surface area contributed by atoms with Crippen LogP contribution in [0, 0.1) is 16.7 Å². The zero-order chi connectivity index (χ0) is 15.0. The van der Waals surface area contributed by atoms with Gasteiger partial charge in [-0.3, -0.25) is 0 Å². The zero-order valence-electron chi connectivity index (χ0n) is 12.2. The molecule has 22 heavy (non-hydrogen) atoms. The highest BCUT2D eigenvalue weighted by Gasteiger charge is 2.48. The van der Waals surface area contributed by atoms with Crippen molar-refractivity contribution in [2.75, 3.05) is 36.0 Å². The molecular formula is C16H16N6. The summed E-state index contributed by atoms with van der Waals surface area (Å²) >= 11 is 0. The van der Waals surface area contributed by atoms with E-state index in [9.17, 15) is 0 Å². The average Bonchev–Trinajstić information content (AvgIpc) is 3.00. The van der Waals surface area contributed by atoms with Crippen LogP contribution in [0.5, 0.6) is 0 Å². The first-order chi connectivity index (χ1) is 10.8. The molecule has 1 spiro atoms. The minimum Gasteiger partial charge on any atom is -0.355 e. The molecule has 0 unspecified atom stereocenters. The second kappa shape index (κ2) is 4.95. The maximum absolute atomic E-state index is 8.82. The van der Waals surface area contributed by atoms with Gasteiger partial charge in [-0.2, -0.15) is 5.26 Å². The van der Waals surface area contributed by atoms with Crippen LogP contribution in [-0.2, 0) is 0 Å². The zero-order valence-corrected chi connectivity index (χ0v) is 12.2. The lowest BCUT2D eigenvalue weighted by atomic mass is 9.79. The Morgan fingerprint density at radius 2 is 1.82 bits per heavy atom. The number of hydrogen-bond acceptors (Lipinski definition) is 6. The van der Waals surface area contributed by atoms with E-state index in [2.05, 4.69) is 30.8 Å². The first kappa shape index (κ1) is 13.0. The number of pyridine rings is 1. The molecule has 6 nitrogen and oxygen atoms in total. The second-order valence-electron chi connectivity index (χ2n) is 6.09. The molecule has 4 rings (SSSR count). The molecule has 2 saturated heterocycles. The molecule has 2 fully saturated rings. The molecule has 0 aromatic carbocycles. The van der Waals surface area contributed by atoms with Gasteiger partial charge in [0.05, 0.1) is 5.56 Å². The summed E-state index contributed by atoms with van der Waals surface area (Å²) in [4.78, 5) is 17.6. The van der Waals surface area contributed by atoms with Gasteiger partial charge in [0.15, 0.2) is 0 Å². The van der Waals surface area contributed by atoms with Crippen LogP contribution in [0.2, 0.25) is 0 Å². The van der Waals surface area contributed by atoms with Crippen molar-refractivity contribution in [1.82, 2.24) is 15.0 Å². The largest absolute Gasteiger partial charge is 0.355 e. The van der Waals surface area contributed by atoms with E-state index >= 15 is 0 Å². The highest BCUT2D eigenvalue weighted by atomic mass is 15.3. The van der Waals surface area contributed by atoms with Crippen LogP contribution < -0.4 is 9.80 Å². The molecule has 0 amide bonds. The molecule has 2 aromatic heterocycles. The highest BCUT2D eigenvalue weighted by Crippen LogP contribution is 2.41. The normalized spacial score (nSPS) is 19.0. The van der Waals surface area contributed by atoms with Crippen LogP contribution in [0.1, 0.15) is 12.0 Å². The van der Waals surface area contributed by atoms with Gasteiger partial charge in [-0.05, 0) is 24.6 Å². The average molecular weight is 292 g/mol. The lowest BCUT2D eigenvalue weighted by Gasteiger charge is -2.48. The fourth-order valence-corrected chi connectivity index (χ4v) is 3.38. The predicted octanol–water partition coefficient (Wildman–Crippen LogP) is 1.46. The van der Waals surface area contributed by atoms with Crippen LogP contribution >= 0.6 is 0 Å². The van der Waals surface area contributed by atoms with E-state index < -0.39 is 0 Å². The predicted molar refractivity (Wildman–Crippen MR) is 82.5 cm³/mol. The summed E-state index contributed by atoms with van der Waals surface area (Å²) in [7, 11) is 0. The fraction of sp³-hybridized carbons (Fsp3) is 0.375. The van der Waals surface area contributed by atoms with Crippen LogP contribution in [0.3, 0.4) is 0 Å². The third kappa shape index (κ3) is 2.15. The topological polar surface area (TPSA) is 68.9 Å². The van der Waals surface area contributed by atoms with E-state index in [0.29, 0.717) is 11.0 Å². The van der Waals surface area contributed by atoms with Crippen molar-refractivity contribution in [2.45, 2.75) is 6.42 Å². The number of anilines is 2. The van der Waals surface area contributed by atoms with Gasteiger partial charge in [0, 0.05) is 50.2 Å². The Bertz CT molecular complexity index is 700. The van der Waals surface area contributed by atoms with Gasteiger partial charge in [-0.15, -0.1) is 0 Å². The summed E-state index contributed by atoms with van der Waals surface area (Å²) < 4.78 is 0. The molecule has 0 N–H and O–H groups in total. The fourth-order valence-electron chi connectivity index (χ4n) is 3.38. The van der Waals surface area contributed by atoms with E-state index in [1.54, 1.807) is 18.6 Å². The van der Waals surface area contributed by atoms with E-state index in [1.807, 2.05) is 18.2 Å². The molecule has 0 radical (unpaired) electrons. The Labute approximate surface area is 129 Å². The maximum atomic E-state index is 8.82. The van der Waals surface area contributed by atoms with Crippen LogP contribution in [0.25, 0.3) is 0 Å². The van der Waals surface area contributed by atoms with E-state index in [4.69, 9.17) is 5.26 Å². The number of aromatic nitrogens is 3. The first-order valence-electron chi connectivity index (χ1n) is 7.41. The molecule has 0 saturated carbocycles. The SMILES string of the molecule is N#Cc1ccc(N2CC3(CCN(c4ncccn4)C3)C2)nc1. The van der Waals surface area contributed by atoms with Gasteiger partial charge in [0.1, 0.15) is 11.9 Å². The molecule has 4 heterocycles. The third-order valence-corrected chi connectivity index (χ3v) is 4.53. The van der Waals surface area contributed by atoms with Gasteiger partial charge in [0.25, 0.3) is 0 Å². The first-order valence-corrected chi connectivity index (χ1v) is 7.41. The van der Waals surface area contributed by atoms with Gasteiger partial charge < -0.3 is 9.80 Å². The van der Waals surface area contributed by atoms with Crippen molar-refractivity contribution in [2.24, 2.45) is 5.41 Å². The molecule has 110 valence electrons. The van der Waals surface area contributed by atoms with Crippen molar-refractivity contribution in [3.05, 3.63) is 42.4 Å². The molecule has 6 heteroatoms. The minimum atomic E-state index is 0.328. The smallest absolute Gasteiger partial charge is 0.225 e. The molecule has 0 atom stereocenters. The second-order valence-corrected chi connectivity index (χ2v) is 6.09. The van der Waals surface area contributed by atoms with E-state index in [0.717, 1.165) is 44.4 Å². The van der Waals surface area contributed by atoms with Gasteiger partial charge in [0.2, 0.25) is 5.95 Å². The number of nitrogens with zero attached hydrogens (tertiary/aromatic N) is 6. The van der Waals surface area contributed by atoms with Gasteiger partial charge in [-0.1, -0.05) is 0 Å². The van der Waals surface area contributed by atoms with Crippen molar-refractivity contribution in [3.63, 3.8) is 0 Å². The van der Waals surface area contributed by atoms with Crippen LogP contribution in [0.15, 0.2) is 36.8 Å². The number of hydrogen-bond donors (Lipinski definition) is 0. The monoisotopic (exact) mass is 292 g/mol. The standard InChI is InChI=1S/C16H16N6/c17-8-13-2-3-14(20-9-13)22-11-16(12-22)4-7-21(10-16)15-18-5-1-6-19-15/h1-3,5-6,9H,4,7,10-12H2.